The molecule has 0 radical (unpaired) electrons. The Morgan fingerprint density at radius 1 is 1.21 bits per heavy atom. The summed E-state index contributed by atoms with van der Waals surface area (Å²) in [6, 6.07) is 6.47. The number of benzene rings is 1. The molecule has 0 fully saturated rings. The Balaban J connectivity index is 1.77. The third-order valence-electron chi connectivity index (χ3n) is 3.17. The van der Waals surface area contributed by atoms with E-state index in [0.29, 0.717) is 0 Å². The molecule has 10 heteroatoms. The zero-order valence-corrected chi connectivity index (χ0v) is 12.3. The SMILES string of the molecule is Cn1nc(C(F)(F)F)nc1NC(=O)c1ccc(-n2ccnc2)cc1. The number of carbonyl (C=O) groups excluding carboxylic acids is 1. The number of alkyl halides is 3. The highest BCUT2D eigenvalue weighted by molar-refractivity contribution is 6.03. The fourth-order valence-corrected chi connectivity index (χ4v) is 1.98. The summed E-state index contributed by atoms with van der Waals surface area (Å²) in [7, 11) is 1.26. The van der Waals surface area contributed by atoms with Crippen molar-refractivity contribution in [2.75, 3.05) is 5.32 Å². The Bertz CT molecular complexity index is 852. The maximum Gasteiger partial charge on any atom is 0.453 e. The summed E-state index contributed by atoms with van der Waals surface area (Å²) in [5.41, 5.74) is 1.07. The Morgan fingerprint density at radius 2 is 1.92 bits per heavy atom. The maximum absolute atomic E-state index is 12.6. The van der Waals surface area contributed by atoms with Crippen LogP contribution in [0.25, 0.3) is 5.69 Å². The average Bonchev–Trinajstić information content (AvgIpc) is 3.17. The summed E-state index contributed by atoms with van der Waals surface area (Å²) in [6.07, 6.45) is 0.292. The number of halogens is 3. The molecule has 0 aliphatic rings. The van der Waals surface area contributed by atoms with Gasteiger partial charge in [0, 0.05) is 30.7 Å². The van der Waals surface area contributed by atoms with Gasteiger partial charge in [-0.2, -0.15) is 18.2 Å². The van der Waals surface area contributed by atoms with E-state index in [4.69, 9.17) is 0 Å². The highest BCUT2D eigenvalue weighted by Gasteiger charge is 2.37. The van der Waals surface area contributed by atoms with E-state index in [1.54, 1.807) is 47.6 Å². The van der Waals surface area contributed by atoms with Crippen LogP contribution in [-0.2, 0) is 13.2 Å². The quantitative estimate of drug-likeness (QED) is 0.796. The topological polar surface area (TPSA) is 77.6 Å². The second kappa shape index (κ2) is 5.80. The van der Waals surface area contributed by atoms with Gasteiger partial charge in [-0.15, -0.1) is 5.10 Å². The van der Waals surface area contributed by atoms with Gasteiger partial charge in [-0.25, -0.2) is 9.67 Å². The van der Waals surface area contributed by atoms with Crippen molar-refractivity contribution in [1.82, 2.24) is 24.3 Å². The maximum atomic E-state index is 12.6. The molecule has 0 saturated heterocycles. The van der Waals surface area contributed by atoms with Crippen molar-refractivity contribution >= 4 is 11.9 Å². The van der Waals surface area contributed by atoms with Crippen LogP contribution in [0.3, 0.4) is 0 Å². The molecule has 124 valence electrons. The lowest BCUT2D eigenvalue weighted by Crippen LogP contribution is -2.15. The van der Waals surface area contributed by atoms with Gasteiger partial charge in [-0.05, 0) is 24.3 Å². The van der Waals surface area contributed by atoms with Crippen LogP contribution in [-0.4, -0.2) is 30.2 Å². The normalized spacial score (nSPS) is 11.5. The van der Waals surface area contributed by atoms with Crippen molar-refractivity contribution in [1.29, 1.82) is 0 Å². The number of imidazole rings is 1. The first-order valence-corrected chi connectivity index (χ1v) is 6.72. The monoisotopic (exact) mass is 336 g/mol. The number of nitrogens with one attached hydrogen (secondary N) is 1. The number of aryl methyl sites for hydroxylation is 1. The van der Waals surface area contributed by atoms with Gasteiger partial charge in [-0.3, -0.25) is 10.1 Å². The Morgan fingerprint density at radius 3 is 2.46 bits per heavy atom. The van der Waals surface area contributed by atoms with E-state index in [2.05, 4.69) is 20.4 Å². The van der Waals surface area contributed by atoms with Gasteiger partial charge in [0.1, 0.15) is 0 Å². The van der Waals surface area contributed by atoms with Gasteiger partial charge in [0.05, 0.1) is 6.33 Å². The molecule has 3 rings (SSSR count). The summed E-state index contributed by atoms with van der Waals surface area (Å²) in [5.74, 6) is -2.18. The second-order valence-corrected chi connectivity index (χ2v) is 4.85. The van der Waals surface area contributed by atoms with Crippen LogP contribution in [0.2, 0.25) is 0 Å². The van der Waals surface area contributed by atoms with Crippen LogP contribution in [0.1, 0.15) is 16.2 Å². The Hall–Kier alpha value is -3.17. The molecular formula is C14H11F3N6O. The van der Waals surface area contributed by atoms with Gasteiger partial charge in [0.25, 0.3) is 11.7 Å². The molecule has 0 aliphatic carbocycles. The van der Waals surface area contributed by atoms with Gasteiger partial charge in [-0.1, -0.05) is 0 Å². The van der Waals surface area contributed by atoms with Crippen molar-refractivity contribution in [2.24, 2.45) is 7.05 Å². The number of carbonyl (C=O) groups is 1. The van der Waals surface area contributed by atoms with Crippen LogP contribution in [0.4, 0.5) is 19.1 Å². The molecule has 1 N–H and O–H groups in total. The summed E-state index contributed by atoms with van der Waals surface area (Å²) in [5, 5.41) is 5.54. The van der Waals surface area contributed by atoms with Crippen LogP contribution in [0, 0.1) is 0 Å². The first-order chi connectivity index (χ1) is 11.3. The average molecular weight is 336 g/mol. The van der Waals surface area contributed by atoms with E-state index >= 15 is 0 Å². The molecule has 0 saturated carbocycles. The largest absolute Gasteiger partial charge is 0.453 e. The molecular weight excluding hydrogens is 325 g/mol. The lowest BCUT2D eigenvalue weighted by atomic mass is 10.2. The van der Waals surface area contributed by atoms with E-state index in [1.165, 1.54) is 7.05 Å². The molecule has 2 heterocycles. The zero-order valence-electron chi connectivity index (χ0n) is 12.3. The van der Waals surface area contributed by atoms with Gasteiger partial charge in [0.15, 0.2) is 0 Å². The minimum atomic E-state index is -4.67. The Labute approximate surface area is 133 Å². The van der Waals surface area contributed by atoms with Gasteiger partial charge >= 0.3 is 6.18 Å². The van der Waals surface area contributed by atoms with Crippen LogP contribution >= 0.6 is 0 Å². The van der Waals surface area contributed by atoms with E-state index < -0.39 is 17.9 Å². The van der Waals surface area contributed by atoms with Gasteiger partial charge in [0.2, 0.25) is 5.95 Å². The number of rotatable bonds is 3. The molecule has 1 aromatic carbocycles. The number of hydrogen-bond donors (Lipinski definition) is 1. The van der Waals surface area contributed by atoms with Crippen molar-refractivity contribution in [2.45, 2.75) is 6.18 Å². The first-order valence-electron chi connectivity index (χ1n) is 6.72. The van der Waals surface area contributed by atoms with Crippen molar-refractivity contribution in [3.05, 3.63) is 54.4 Å². The fourth-order valence-electron chi connectivity index (χ4n) is 1.98. The van der Waals surface area contributed by atoms with E-state index in [-0.39, 0.29) is 11.5 Å². The highest BCUT2D eigenvalue weighted by Crippen LogP contribution is 2.27. The number of amides is 1. The number of nitrogens with zero attached hydrogens (tertiary/aromatic N) is 5. The minimum absolute atomic E-state index is 0.274. The molecule has 2 aromatic heterocycles. The highest BCUT2D eigenvalue weighted by atomic mass is 19.4. The van der Waals surface area contributed by atoms with Crippen molar-refractivity contribution < 1.29 is 18.0 Å². The predicted octanol–water partition coefficient (Wildman–Crippen LogP) is 2.27. The number of anilines is 1. The number of aromatic nitrogens is 5. The molecule has 0 bridgehead atoms. The molecule has 1 amide bonds. The molecule has 0 spiro atoms. The standard InChI is InChI=1S/C14H11F3N6O/c1-22-13(20-12(21-22)14(15,16)17)19-11(24)9-2-4-10(5-3-9)23-7-6-18-8-23/h2-8H,1H3,(H,19,20,21,24). The third kappa shape index (κ3) is 3.12. The van der Waals surface area contributed by atoms with Crippen molar-refractivity contribution in [3.8, 4) is 5.69 Å². The summed E-state index contributed by atoms with van der Waals surface area (Å²) < 4.78 is 40.3. The van der Waals surface area contributed by atoms with E-state index in [9.17, 15) is 18.0 Å². The lowest BCUT2D eigenvalue weighted by Gasteiger charge is -2.05. The summed E-state index contributed by atoms with van der Waals surface area (Å²) in [4.78, 5) is 19.3. The predicted molar refractivity (Wildman–Crippen MR) is 77.5 cm³/mol. The fraction of sp³-hybridized carbons (Fsp3) is 0.143. The Kier molecular flexibility index (Phi) is 3.80. The first kappa shape index (κ1) is 15.7. The summed E-state index contributed by atoms with van der Waals surface area (Å²) >= 11 is 0. The molecule has 7 nitrogen and oxygen atoms in total. The molecule has 0 unspecified atom stereocenters. The molecule has 0 atom stereocenters. The van der Waals surface area contributed by atoms with Crippen LogP contribution in [0.15, 0.2) is 43.0 Å². The van der Waals surface area contributed by atoms with E-state index in [1.807, 2.05) is 0 Å². The van der Waals surface area contributed by atoms with E-state index in [0.717, 1.165) is 10.4 Å². The van der Waals surface area contributed by atoms with Gasteiger partial charge < -0.3 is 4.57 Å². The van der Waals surface area contributed by atoms with Crippen molar-refractivity contribution in [3.63, 3.8) is 0 Å². The molecule has 24 heavy (non-hydrogen) atoms. The lowest BCUT2D eigenvalue weighted by molar-refractivity contribution is -0.144. The van der Waals surface area contributed by atoms with Crippen LogP contribution in [0.5, 0.6) is 0 Å². The minimum Gasteiger partial charge on any atom is -0.306 e. The zero-order chi connectivity index (χ0) is 17.3. The third-order valence-corrected chi connectivity index (χ3v) is 3.17. The molecule has 3 aromatic rings. The summed E-state index contributed by atoms with van der Waals surface area (Å²) in [6.45, 7) is 0. The number of hydrogen-bond acceptors (Lipinski definition) is 4. The smallest absolute Gasteiger partial charge is 0.306 e. The molecule has 0 aliphatic heterocycles. The second-order valence-electron chi connectivity index (χ2n) is 4.85. The van der Waals surface area contributed by atoms with Crippen LogP contribution < -0.4 is 5.32 Å².